The van der Waals surface area contributed by atoms with E-state index in [-0.39, 0.29) is 33.6 Å². The number of rotatable bonds is 0. The average Bonchev–Trinajstić information content (AvgIpc) is 2.55. The minimum Gasteiger partial charge on any atom is -0.512 e. The number of fused-ring (bicyclic) bond motifs is 1. The van der Waals surface area contributed by atoms with E-state index in [9.17, 15) is 0 Å². The van der Waals surface area contributed by atoms with Crippen molar-refractivity contribution in [3.8, 4) is 5.75 Å². The maximum atomic E-state index is 6.25. The topological polar surface area (TPSA) is 104 Å². The first-order valence-electron chi connectivity index (χ1n) is 4.24. The third-order valence-electron chi connectivity index (χ3n) is 1.55. The molecule has 0 amide bonds. The molecule has 0 saturated carbocycles. The van der Waals surface area contributed by atoms with Crippen LogP contribution in [0.25, 0.3) is 6.08 Å². The summed E-state index contributed by atoms with van der Waals surface area (Å²) >= 11 is 0. The van der Waals surface area contributed by atoms with Crippen LogP contribution in [0, 0.1) is 47.3 Å². The Kier molecular flexibility index (Phi) is 46.1. The second-order valence-corrected chi connectivity index (χ2v) is 2.25. The first-order valence-corrected chi connectivity index (χ1v) is 4.24. The number of para-hydroxylation sites is 1. The Bertz CT molecular complexity index is 403. The Morgan fingerprint density at radius 1 is 0.850 bits per heavy atom. The van der Waals surface area contributed by atoms with Crippen LogP contribution < -0.4 is 4.74 Å². The molecule has 2 rings (SSSR count). The molecule has 0 spiro atoms. The van der Waals surface area contributed by atoms with Crippen molar-refractivity contribution in [1.82, 2.24) is 0 Å². The summed E-state index contributed by atoms with van der Waals surface area (Å²) < 4.78 is 5.34. The zero-order chi connectivity index (χ0) is 14.8. The second kappa shape index (κ2) is 30.1. The predicted octanol–water partition coefficient (Wildman–Crippen LogP) is 2.47. The molecule has 1 aromatic carbocycles. The number of benzene rings is 1. The summed E-state index contributed by atoms with van der Waals surface area (Å²) in [5, 5.41) is 25.0. The van der Waals surface area contributed by atoms with E-state index in [1.807, 2.05) is 30.3 Å². The van der Waals surface area contributed by atoms with Crippen LogP contribution in [0.3, 0.4) is 0 Å². The molecule has 1 heterocycles. The van der Waals surface area contributed by atoms with Gasteiger partial charge in [0.05, 0.1) is 0 Å². The molecule has 5 nitrogen and oxygen atoms in total. The SMILES string of the molecule is C1=Cc2ccccc2OC1.[C-]#N.[C-]#N.[C-]#N.[C-]#N.[Cu+2].[Ni+2]. The van der Waals surface area contributed by atoms with Gasteiger partial charge in [0.25, 0.3) is 0 Å². The van der Waals surface area contributed by atoms with Gasteiger partial charge in [0, 0.05) is 5.56 Å². The standard InChI is InChI=1S/C9H8O.4CN.Cu.Ni/c1-2-6-9-8(4-1)5-3-7-10-9;4*1-2;;/h1-6H,7H2;;;;;;/q;4*-1;2*+2. The Labute approximate surface area is 140 Å². The molecule has 1 aliphatic heterocycles. The maximum Gasteiger partial charge on any atom is 2.00 e. The largest absolute Gasteiger partial charge is 2.00 e. The molecule has 0 aliphatic carbocycles. The van der Waals surface area contributed by atoms with Crippen molar-refractivity contribution < 1.29 is 38.3 Å². The van der Waals surface area contributed by atoms with Gasteiger partial charge >= 0.3 is 33.6 Å². The Hall–Kier alpha value is -2.27. The van der Waals surface area contributed by atoms with Crippen molar-refractivity contribution in [3.63, 3.8) is 0 Å². The normalized spacial score (nSPS) is 7.40. The molecule has 107 valence electrons. The van der Waals surface area contributed by atoms with Crippen molar-refractivity contribution in [1.29, 1.82) is 21.0 Å². The van der Waals surface area contributed by atoms with Crippen molar-refractivity contribution in [2.24, 2.45) is 0 Å². The van der Waals surface area contributed by atoms with Crippen LogP contribution in [0.1, 0.15) is 5.56 Å². The first kappa shape index (κ1) is 30.6. The minimum atomic E-state index is 0. The van der Waals surface area contributed by atoms with Gasteiger partial charge < -0.3 is 52.1 Å². The molecule has 0 atom stereocenters. The summed E-state index contributed by atoms with van der Waals surface area (Å²) in [5.41, 5.74) is 1.17. The maximum absolute atomic E-state index is 6.25. The quantitative estimate of drug-likeness (QED) is 0.523. The van der Waals surface area contributed by atoms with E-state index >= 15 is 0 Å². The van der Waals surface area contributed by atoms with Gasteiger partial charge in [-0.15, -0.1) is 0 Å². The third kappa shape index (κ3) is 13.8. The molecule has 0 N–H and O–H groups in total. The molecule has 0 bridgehead atoms. The fourth-order valence-corrected chi connectivity index (χ4v) is 1.06. The Morgan fingerprint density at radius 3 is 1.75 bits per heavy atom. The predicted molar refractivity (Wildman–Crippen MR) is 60.8 cm³/mol. The summed E-state index contributed by atoms with van der Waals surface area (Å²) in [6.07, 6.45) is 4.10. The van der Waals surface area contributed by atoms with Gasteiger partial charge in [0.15, 0.2) is 0 Å². The van der Waals surface area contributed by atoms with Gasteiger partial charge in [-0.25, -0.2) is 0 Å². The van der Waals surface area contributed by atoms with Gasteiger partial charge in [-0.05, 0) is 12.1 Å². The van der Waals surface area contributed by atoms with Gasteiger partial charge in [0.2, 0.25) is 0 Å². The van der Waals surface area contributed by atoms with Gasteiger partial charge in [0.1, 0.15) is 12.4 Å². The van der Waals surface area contributed by atoms with Crippen LogP contribution in [-0.2, 0) is 33.6 Å². The summed E-state index contributed by atoms with van der Waals surface area (Å²) in [6, 6.07) is 8.03. The van der Waals surface area contributed by atoms with E-state index in [4.69, 9.17) is 52.1 Å². The number of ether oxygens (including phenoxy) is 1. The molecule has 1 radical (unpaired) electrons. The monoisotopic (exact) mass is 357 g/mol. The van der Waals surface area contributed by atoms with Crippen molar-refractivity contribution in [2.45, 2.75) is 0 Å². The van der Waals surface area contributed by atoms with Crippen molar-refractivity contribution in [3.05, 3.63) is 62.2 Å². The molecular formula is C13H8CuN4NiO. The number of hydrogen-bond acceptors (Lipinski definition) is 5. The third-order valence-corrected chi connectivity index (χ3v) is 1.55. The Morgan fingerprint density at radius 2 is 1.30 bits per heavy atom. The zero-order valence-electron chi connectivity index (χ0n) is 9.99. The van der Waals surface area contributed by atoms with Crippen LogP contribution in [0.2, 0.25) is 0 Å². The van der Waals surface area contributed by atoms with Gasteiger partial charge in [-0.3, -0.25) is 0 Å². The zero-order valence-corrected chi connectivity index (χ0v) is 11.9. The van der Waals surface area contributed by atoms with Crippen LogP contribution >= 0.6 is 0 Å². The minimum absolute atomic E-state index is 0. The molecule has 0 fully saturated rings. The summed E-state index contributed by atoms with van der Waals surface area (Å²) in [4.78, 5) is 0. The van der Waals surface area contributed by atoms with Crippen LogP contribution in [-0.4, -0.2) is 6.61 Å². The molecule has 0 saturated heterocycles. The summed E-state index contributed by atoms with van der Waals surface area (Å²) in [7, 11) is 0. The molecule has 1 aromatic rings. The molecule has 20 heavy (non-hydrogen) atoms. The van der Waals surface area contributed by atoms with E-state index in [0.717, 1.165) is 5.75 Å². The van der Waals surface area contributed by atoms with Crippen LogP contribution in [0.5, 0.6) is 5.75 Å². The van der Waals surface area contributed by atoms with Crippen molar-refractivity contribution in [2.75, 3.05) is 6.61 Å². The van der Waals surface area contributed by atoms with Gasteiger partial charge in [-0.1, -0.05) is 24.3 Å². The summed E-state index contributed by atoms with van der Waals surface area (Å²) in [6.45, 7) is 19.7. The average molecular weight is 358 g/mol. The summed E-state index contributed by atoms with van der Waals surface area (Å²) in [5.74, 6) is 0.991. The van der Waals surface area contributed by atoms with E-state index in [0.29, 0.717) is 6.61 Å². The van der Waals surface area contributed by atoms with E-state index in [1.54, 1.807) is 0 Å². The van der Waals surface area contributed by atoms with Crippen LogP contribution in [0.4, 0.5) is 0 Å². The smallest absolute Gasteiger partial charge is 0.512 e. The van der Waals surface area contributed by atoms with E-state index in [1.165, 1.54) is 5.56 Å². The van der Waals surface area contributed by atoms with Crippen molar-refractivity contribution >= 4 is 6.08 Å². The Balaban J connectivity index is -0.0000000661. The fraction of sp³-hybridized carbons (Fsp3) is 0.0769. The molecule has 7 heteroatoms. The van der Waals surface area contributed by atoms with E-state index < -0.39 is 0 Å². The van der Waals surface area contributed by atoms with Gasteiger partial charge in [-0.2, -0.15) is 0 Å². The van der Waals surface area contributed by atoms with Crippen LogP contribution in [0.15, 0.2) is 30.3 Å². The first-order chi connectivity index (χ1) is 8.97. The number of nitrogens with zero attached hydrogens (tertiary/aromatic N) is 4. The molecule has 1 aliphatic rings. The second-order valence-electron chi connectivity index (χ2n) is 2.25. The molecular weight excluding hydrogens is 350 g/mol. The van der Waals surface area contributed by atoms with E-state index in [2.05, 4.69) is 6.08 Å². The fourth-order valence-electron chi connectivity index (χ4n) is 1.06. The molecule has 0 aromatic heterocycles. The molecule has 0 unspecified atom stereocenters. The number of hydrogen-bond donors (Lipinski definition) is 0.